The lowest BCUT2D eigenvalue weighted by atomic mass is 10.1. The van der Waals surface area contributed by atoms with Crippen molar-refractivity contribution in [1.29, 1.82) is 0 Å². The van der Waals surface area contributed by atoms with Crippen LogP contribution in [0.2, 0.25) is 0 Å². The molecule has 1 fully saturated rings. The number of nitrogens with zero attached hydrogens (tertiary/aromatic N) is 3. The lowest BCUT2D eigenvalue weighted by molar-refractivity contribution is -0.129. The van der Waals surface area contributed by atoms with Gasteiger partial charge >= 0.3 is 0 Å². The molecule has 0 bridgehead atoms. The Morgan fingerprint density at radius 2 is 2.44 bits per heavy atom. The molecule has 2 amide bonds. The second kappa shape index (κ2) is 3.96. The summed E-state index contributed by atoms with van der Waals surface area (Å²) in [5.74, 6) is 0.00808. The van der Waals surface area contributed by atoms with Gasteiger partial charge in [-0.1, -0.05) is 0 Å². The Morgan fingerprint density at radius 1 is 1.69 bits per heavy atom. The number of rotatable bonds is 3. The molecule has 0 radical (unpaired) electrons. The van der Waals surface area contributed by atoms with Crippen LogP contribution in [0.4, 0.5) is 0 Å². The van der Waals surface area contributed by atoms with Gasteiger partial charge in [-0.15, -0.1) is 0 Å². The van der Waals surface area contributed by atoms with Crippen LogP contribution in [0.1, 0.15) is 12.2 Å². The Labute approximate surface area is 93.0 Å². The fraction of sp³-hybridized carbons (Fsp3) is 0.500. The van der Waals surface area contributed by atoms with Gasteiger partial charge in [0, 0.05) is 32.4 Å². The SMILES string of the molecule is Cn1ccnc1CN1CC(C(N)=O)CC1=O. The van der Waals surface area contributed by atoms with Crippen LogP contribution in [-0.4, -0.2) is 32.8 Å². The van der Waals surface area contributed by atoms with Gasteiger partial charge in [0.2, 0.25) is 11.8 Å². The highest BCUT2D eigenvalue weighted by molar-refractivity contribution is 5.88. The molecule has 2 N–H and O–H groups in total. The molecule has 0 aliphatic carbocycles. The molecule has 1 aromatic rings. The zero-order chi connectivity index (χ0) is 11.7. The van der Waals surface area contributed by atoms with E-state index in [9.17, 15) is 9.59 Å². The van der Waals surface area contributed by atoms with Gasteiger partial charge in [-0.25, -0.2) is 4.98 Å². The fourth-order valence-corrected chi connectivity index (χ4v) is 1.84. The van der Waals surface area contributed by atoms with E-state index in [1.807, 2.05) is 17.8 Å². The molecule has 1 atom stereocenters. The zero-order valence-electron chi connectivity index (χ0n) is 9.09. The van der Waals surface area contributed by atoms with Crippen molar-refractivity contribution in [1.82, 2.24) is 14.5 Å². The van der Waals surface area contributed by atoms with E-state index >= 15 is 0 Å². The Morgan fingerprint density at radius 3 is 2.94 bits per heavy atom. The molecule has 6 heteroatoms. The largest absolute Gasteiger partial charge is 0.369 e. The number of aromatic nitrogens is 2. The number of carbonyl (C=O) groups is 2. The summed E-state index contributed by atoms with van der Waals surface area (Å²) in [5, 5.41) is 0. The quantitative estimate of drug-likeness (QED) is 0.731. The van der Waals surface area contributed by atoms with E-state index in [1.54, 1.807) is 11.1 Å². The summed E-state index contributed by atoms with van der Waals surface area (Å²) in [4.78, 5) is 28.4. The fourth-order valence-electron chi connectivity index (χ4n) is 1.84. The minimum absolute atomic E-state index is 0.0354. The van der Waals surface area contributed by atoms with Crippen LogP contribution < -0.4 is 5.73 Å². The number of nitrogens with two attached hydrogens (primary N) is 1. The summed E-state index contributed by atoms with van der Waals surface area (Å²) < 4.78 is 1.85. The van der Waals surface area contributed by atoms with Gasteiger partial charge in [-0.05, 0) is 0 Å². The molecular weight excluding hydrogens is 208 g/mol. The predicted octanol–water partition coefficient (Wildman–Crippen LogP) is -0.746. The van der Waals surface area contributed by atoms with Gasteiger partial charge in [0.15, 0.2) is 0 Å². The van der Waals surface area contributed by atoms with E-state index in [0.29, 0.717) is 13.1 Å². The van der Waals surface area contributed by atoms with Gasteiger partial charge in [-0.2, -0.15) is 0 Å². The lowest BCUT2D eigenvalue weighted by Crippen LogP contribution is -2.29. The third-order valence-corrected chi connectivity index (χ3v) is 2.87. The summed E-state index contributed by atoms with van der Waals surface area (Å²) >= 11 is 0. The Hall–Kier alpha value is -1.85. The lowest BCUT2D eigenvalue weighted by Gasteiger charge is -2.15. The van der Waals surface area contributed by atoms with Crippen molar-refractivity contribution in [3.05, 3.63) is 18.2 Å². The van der Waals surface area contributed by atoms with E-state index in [0.717, 1.165) is 5.82 Å². The van der Waals surface area contributed by atoms with Crippen molar-refractivity contribution in [3.63, 3.8) is 0 Å². The van der Waals surface area contributed by atoms with Crippen LogP contribution in [0.3, 0.4) is 0 Å². The highest BCUT2D eigenvalue weighted by Crippen LogP contribution is 2.19. The number of imidazole rings is 1. The van der Waals surface area contributed by atoms with E-state index in [4.69, 9.17) is 5.73 Å². The van der Waals surface area contributed by atoms with Crippen molar-refractivity contribution < 1.29 is 9.59 Å². The van der Waals surface area contributed by atoms with Crippen molar-refractivity contribution in [2.45, 2.75) is 13.0 Å². The summed E-state index contributed by atoms with van der Waals surface area (Å²) in [7, 11) is 1.87. The average Bonchev–Trinajstić information content (AvgIpc) is 2.76. The highest BCUT2D eigenvalue weighted by atomic mass is 16.2. The monoisotopic (exact) mass is 222 g/mol. The molecule has 1 unspecified atom stereocenters. The normalized spacial score (nSPS) is 20.4. The van der Waals surface area contributed by atoms with Gasteiger partial charge in [0.1, 0.15) is 5.82 Å². The van der Waals surface area contributed by atoms with Crippen molar-refractivity contribution in [2.24, 2.45) is 18.7 Å². The minimum Gasteiger partial charge on any atom is -0.369 e. The molecule has 0 saturated carbocycles. The topological polar surface area (TPSA) is 81.2 Å². The smallest absolute Gasteiger partial charge is 0.223 e. The third kappa shape index (κ3) is 1.91. The number of likely N-dealkylation sites (tertiary alicyclic amines) is 1. The number of carbonyl (C=O) groups excluding carboxylic acids is 2. The molecule has 16 heavy (non-hydrogen) atoms. The molecule has 1 saturated heterocycles. The van der Waals surface area contributed by atoms with Gasteiger partial charge in [0.05, 0.1) is 12.5 Å². The Balaban J connectivity index is 2.04. The molecule has 0 aromatic carbocycles. The summed E-state index contributed by atoms with van der Waals surface area (Å²) in [6.45, 7) is 0.840. The van der Waals surface area contributed by atoms with Crippen LogP contribution in [0.15, 0.2) is 12.4 Å². The number of hydrogen-bond donors (Lipinski definition) is 1. The second-order valence-electron chi connectivity index (χ2n) is 4.03. The van der Waals surface area contributed by atoms with Gasteiger partial charge < -0.3 is 15.2 Å². The molecule has 1 aliphatic rings. The van der Waals surface area contributed by atoms with Crippen molar-refractivity contribution >= 4 is 11.8 Å². The standard InChI is InChI=1S/C10H14N4O2/c1-13-3-2-12-8(13)6-14-5-7(10(11)16)4-9(14)15/h2-3,7H,4-6H2,1H3,(H2,11,16). The van der Waals surface area contributed by atoms with Crippen molar-refractivity contribution in [3.8, 4) is 0 Å². The summed E-state index contributed by atoms with van der Waals surface area (Å²) in [6, 6.07) is 0. The molecule has 1 aliphatic heterocycles. The molecule has 86 valence electrons. The molecule has 6 nitrogen and oxygen atoms in total. The zero-order valence-corrected chi connectivity index (χ0v) is 9.09. The number of hydrogen-bond acceptors (Lipinski definition) is 3. The molecule has 2 heterocycles. The molecule has 0 spiro atoms. The second-order valence-corrected chi connectivity index (χ2v) is 4.03. The highest BCUT2D eigenvalue weighted by Gasteiger charge is 2.33. The molecular formula is C10H14N4O2. The first kappa shape index (κ1) is 10.7. The van der Waals surface area contributed by atoms with Crippen LogP contribution in [0.5, 0.6) is 0 Å². The predicted molar refractivity (Wildman–Crippen MR) is 55.9 cm³/mol. The Bertz CT molecular complexity index is 426. The summed E-state index contributed by atoms with van der Waals surface area (Å²) in [6.07, 6.45) is 3.72. The van der Waals surface area contributed by atoms with E-state index in [1.165, 1.54) is 0 Å². The number of aryl methyl sites for hydroxylation is 1. The van der Waals surface area contributed by atoms with Crippen molar-refractivity contribution in [2.75, 3.05) is 6.54 Å². The average molecular weight is 222 g/mol. The van der Waals surface area contributed by atoms with Crippen LogP contribution in [-0.2, 0) is 23.2 Å². The van der Waals surface area contributed by atoms with Gasteiger partial charge in [0.25, 0.3) is 0 Å². The maximum atomic E-state index is 11.6. The van der Waals surface area contributed by atoms with E-state index < -0.39 is 5.91 Å². The van der Waals surface area contributed by atoms with Crippen LogP contribution in [0.25, 0.3) is 0 Å². The first-order valence-electron chi connectivity index (χ1n) is 5.11. The first-order valence-corrected chi connectivity index (χ1v) is 5.11. The number of amides is 2. The van der Waals surface area contributed by atoms with Crippen LogP contribution in [0, 0.1) is 5.92 Å². The van der Waals surface area contributed by atoms with E-state index in [2.05, 4.69) is 4.98 Å². The molecule has 2 rings (SSSR count). The minimum atomic E-state index is -0.407. The maximum Gasteiger partial charge on any atom is 0.223 e. The molecule has 1 aromatic heterocycles. The maximum absolute atomic E-state index is 11.6. The Kier molecular flexibility index (Phi) is 2.64. The number of primary amides is 1. The third-order valence-electron chi connectivity index (χ3n) is 2.87. The van der Waals surface area contributed by atoms with Crippen LogP contribution >= 0.6 is 0 Å². The first-order chi connectivity index (χ1) is 7.58. The summed E-state index contributed by atoms with van der Waals surface area (Å²) in [5.41, 5.74) is 5.19. The van der Waals surface area contributed by atoms with E-state index in [-0.39, 0.29) is 18.2 Å². The van der Waals surface area contributed by atoms with Gasteiger partial charge in [-0.3, -0.25) is 9.59 Å².